The zero-order valence-electron chi connectivity index (χ0n) is 11.8. The highest BCUT2D eigenvalue weighted by molar-refractivity contribution is 9.09. The van der Waals surface area contributed by atoms with Gasteiger partial charge < -0.3 is 4.74 Å². The highest BCUT2D eigenvalue weighted by Crippen LogP contribution is 2.43. The fraction of sp³-hybridized carbons (Fsp3) is 0.333. The third kappa shape index (κ3) is 2.91. The lowest BCUT2D eigenvalue weighted by Crippen LogP contribution is -2.32. The summed E-state index contributed by atoms with van der Waals surface area (Å²) in [6.07, 6.45) is 1.07. The van der Waals surface area contributed by atoms with Crippen molar-refractivity contribution < 1.29 is 4.74 Å². The number of fused-ring (bicyclic) bond motifs is 1. The maximum absolute atomic E-state index is 5.85. The number of para-hydroxylation sites is 1. The number of hydrogen-bond donors (Lipinski definition) is 0. The Kier molecular flexibility index (Phi) is 4.70. The Labute approximate surface area is 143 Å². The fourth-order valence-electron chi connectivity index (χ4n) is 3.08. The van der Waals surface area contributed by atoms with Crippen molar-refractivity contribution >= 4 is 31.9 Å². The summed E-state index contributed by atoms with van der Waals surface area (Å²) in [6, 6.07) is 19.2. The van der Waals surface area contributed by atoms with Gasteiger partial charge in [-0.1, -0.05) is 80.4 Å². The van der Waals surface area contributed by atoms with Gasteiger partial charge in [0.1, 0.15) is 5.75 Å². The molecule has 0 amide bonds. The minimum absolute atomic E-state index is 0.0900. The van der Waals surface area contributed by atoms with Crippen molar-refractivity contribution in [3.63, 3.8) is 0 Å². The third-order valence-corrected chi connectivity index (χ3v) is 6.48. The monoisotopic (exact) mass is 408 g/mol. The topological polar surface area (TPSA) is 9.23 Å². The molecule has 0 spiro atoms. The standard InChI is InChI=1S/C18H18Br2O/c19-12-18(13-20,15-6-2-1-3-7-15)10-14-11-21-17-9-5-4-8-16(14)17/h1-9,14H,10-13H2. The summed E-state index contributed by atoms with van der Waals surface area (Å²) in [7, 11) is 0. The number of alkyl halides is 2. The van der Waals surface area contributed by atoms with Gasteiger partial charge in [0, 0.05) is 27.6 Å². The van der Waals surface area contributed by atoms with Crippen LogP contribution in [-0.4, -0.2) is 17.3 Å². The highest BCUT2D eigenvalue weighted by atomic mass is 79.9. The second-order valence-corrected chi connectivity index (χ2v) is 6.78. The van der Waals surface area contributed by atoms with Gasteiger partial charge in [0.2, 0.25) is 0 Å². The van der Waals surface area contributed by atoms with Crippen molar-refractivity contribution in [1.82, 2.24) is 0 Å². The molecule has 0 aromatic heterocycles. The van der Waals surface area contributed by atoms with E-state index in [1.165, 1.54) is 11.1 Å². The Hall–Kier alpha value is -0.800. The molecule has 2 aromatic rings. The maximum Gasteiger partial charge on any atom is 0.122 e. The van der Waals surface area contributed by atoms with Gasteiger partial charge in [-0.05, 0) is 18.1 Å². The Balaban J connectivity index is 1.91. The minimum Gasteiger partial charge on any atom is -0.493 e. The maximum atomic E-state index is 5.85. The van der Waals surface area contributed by atoms with Gasteiger partial charge in [-0.15, -0.1) is 0 Å². The van der Waals surface area contributed by atoms with Crippen molar-refractivity contribution in [2.24, 2.45) is 0 Å². The molecule has 2 aromatic carbocycles. The van der Waals surface area contributed by atoms with Crippen LogP contribution in [-0.2, 0) is 5.41 Å². The van der Waals surface area contributed by atoms with Crippen LogP contribution < -0.4 is 4.74 Å². The SMILES string of the molecule is BrCC(CBr)(CC1COc2ccccc21)c1ccccc1. The summed E-state index contributed by atoms with van der Waals surface area (Å²) in [5, 5.41) is 1.88. The lowest BCUT2D eigenvalue weighted by atomic mass is 9.75. The van der Waals surface area contributed by atoms with Gasteiger partial charge in [-0.25, -0.2) is 0 Å². The number of rotatable bonds is 5. The molecule has 1 nitrogen and oxygen atoms in total. The summed E-state index contributed by atoms with van der Waals surface area (Å²) >= 11 is 7.49. The molecule has 1 heterocycles. The zero-order chi connectivity index (χ0) is 14.7. The van der Waals surface area contributed by atoms with Crippen LogP contribution in [0.25, 0.3) is 0 Å². The molecule has 0 aliphatic carbocycles. The van der Waals surface area contributed by atoms with Crippen molar-refractivity contribution in [3.8, 4) is 5.75 Å². The molecule has 21 heavy (non-hydrogen) atoms. The molecule has 1 unspecified atom stereocenters. The van der Waals surface area contributed by atoms with E-state index < -0.39 is 0 Å². The minimum atomic E-state index is 0.0900. The normalized spacial score (nSPS) is 17.3. The van der Waals surface area contributed by atoms with Gasteiger partial charge >= 0.3 is 0 Å². The molecule has 1 aliphatic rings. The summed E-state index contributed by atoms with van der Waals surface area (Å²) in [4.78, 5) is 0. The molecule has 0 bridgehead atoms. The molecule has 0 N–H and O–H groups in total. The van der Waals surface area contributed by atoms with Crippen LogP contribution in [0.15, 0.2) is 54.6 Å². The van der Waals surface area contributed by atoms with Gasteiger partial charge in [-0.3, -0.25) is 0 Å². The quantitative estimate of drug-likeness (QED) is 0.610. The first-order valence-corrected chi connectivity index (χ1v) is 9.42. The smallest absolute Gasteiger partial charge is 0.122 e. The van der Waals surface area contributed by atoms with Gasteiger partial charge in [-0.2, -0.15) is 0 Å². The number of hydrogen-bond acceptors (Lipinski definition) is 1. The molecule has 1 aliphatic heterocycles. The molecule has 0 saturated heterocycles. The lowest BCUT2D eigenvalue weighted by molar-refractivity contribution is 0.305. The van der Waals surface area contributed by atoms with E-state index in [0.29, 0.717) is 5.92 Å². The molecule has 3 heteroatoms. The van der Waals surface area contributed by atoms with Crippen LogP contribution in [0, 0.1) is 0 Å². The van der Waals surface area contributed by atoms with E-state index in [0.717, 1.165) is 29.4 Å². The molecule has 0 fully saturated rings. The van der Waals surface area contributed by atoms with Crippen molar-refractivity contribution in [2.75, 3.05) is 17.3 Å². The van der Waals surface area contributed by atoms with Crippen LogP contribution in [0.4, 0.5) is 0 Å². The van der Waals surface area contributed by atoms with Crippen molar-refractivity contribution in [2.45, 2.75) is 17.8 Å². The second kappa shape index (κ2) is 6.53. The van der Waals surface area contributed by atoms with E-state index in [-0.39, 0.29) is 5.41 Å². The summed E-state index contributed by atoms with van der Waals surface area (Å²) in [5.74, 6) is 1.50. The Morgan fingerprint density at radius 2 is 1.62 bits per heavy atom. The van der Waals surface area contributed by atoms with Crippen LogP contribution in [0.3, 0.4) is 0 Å². The van der Waals surface area contributed by atoms with E-state index in [9.17, 15) is 0 Å². The molecule has 0 saturated carbocycles. The average molecular weight is 410 g/mol. The predicted octanol–water partition coefficient (Wildman–Crippen LogP) is 5.28. The second-order valence-electron chi connectivity index (χ2n) is 5.66. The van der Waals surface area contributed by atoms with Crippen molar-refractivity contribution in [3.05, 3.63) is 65.7 Å². The van der Waals surface area contributed by atoms with Crippen LogP contribution in [0.5, 0.6) is 5.75 Å². The first-order valence-electron chi connectivity index (χ1n) is 7.18. The highest BCUT2D eigenvalue weighted by Gasteiger charge is 2.36. The van der Waals surface area contributed by atoms with E-state index in [2.05, 4.69) is 80.4 Å². The van der Waals surface area contributed by atoms with E-state index in [1.807, 2.05) is 6.07 Å². The van der Waals surface area contributed by atoms with Crippen LogP contribution in [0.2, 0.25) is 0 Å². The largest absolute Gasteiger partial charge is 0.493 e. The summed E-state index contributed by atoms with van der Waals surface area (Å²) < 4.78 is 5.85. The number of ether oxygens (including phenoxy) is 1. The van der Waals surface area contributed by atoms with E-state index >= 15 is 0 Å². The van der Waals surface area contributed by atoms with Crippen LogP contribution in [0.1, 0.15) is 23.5 Å². The fourth-order valence-corrected chi connectivity index (χ4v) is 5.11. The summed E-state index contributed by atoms with van der Waals surface area (Å²) in [5.41, 5.74) is 2.81. The Morgan fingerprint density at radius 1 is 0.952 bits per heavy atom. The van der Waals surface area contributed by atoms with Gasteiger partial charge in [0.15, 0.2) is 0 Å². The molecule has 1 atom stereocenters. The Bertz CT molecular complexity index is 593. The third-order valence-electron chi connectivity index (χ3n) is 4.33. The first kappa shape index (κ1) is 15.1. The van der Waals surface area contributed by atoms with Gasteiger partial charge in [0.05, 0.1) is 6.61 Å². The van der Waals surface area contributed by atoms with Gasteiger partial charge in [0.25, 0.3) is 0 Å². The first-order chi connectivity index (χ1) is 10.3. The summed E-state index contributed by atoms with van der Waals surface area (Å²) in [6.45, 7) is 0.786. The van der Waals surface area contributed by atoms with E-state index in [4.69, 9.17) is 4.74 Å². The zero-order valence-corrected chi connectivity index (χ0v) is 14.9. The average Bonchev–Trinajstić information content (AvgIpc) is 2.96. The number of benzene rings is 2. The molecule has 3 rings (SSSR count). The Morgan fingerprint density at radius 3 is 2.33 bits per heavy atom. The predicted molar refractivity (Wildman–Crippen MR) is 95.0 cm³/mol. The van der Waals surface area contributed by atoms with Crippen LogP contribution >= 0.6 is 31.9 Å². The van der Waals surface area contributed by atoms with E-state index in [1.54, 1.807) is 0 Å². The van der Waals surface area contributed by atoms with Crippen molar-refractivity contribution in [1.29, 1.82) is 0 Å². The molecular weight excluding hydrogens is 392 g/mol. The lowest BCUT2D eigenvalue weighted by Gasteiger charge is -2.33. The molecular formula is C18H18Br2O. The number of halogens is 2. The molecule has 110 valence electrons. The molecule has 0 radical (unpaired) electrons.